The van der Waals surface area contributed by atoms with Crippen molar-refractivity contribution < 1.29 is 4.74 Å². The van der Waals surface area contributed by atoms with Crippen molar-refractivity contribution in [1.82, 2.24) is 9.97 Å². The van der Waals surface area contributed by atoms with E-state index < -0.39 is 0 Å². The number of ether oxygens (including phenoxy) is 1. The van der Waals surface area contributed by atoms with Gasteiger partial charge >= 0.3 is 0 Å². The maximum absolute atomic E-state index is 5.92. The summed E-state index contributed by atoms with van der Waals surface area (Å²) < 4.78 is 5.08. The molecule has 0 radical (unpaired) electrons. The minimum Gasteiger partial charge on any atom is -0.479 e. The van der Waals surface area contributed by atoms with E-state index in [-0.39, 0.29) is 0 Å². The zero-order chi connectivity index (χ0) is 13.7. The molecule has 1 heterocycles. The van der Waals surface area contributed by atoms with Gasteiger partial charge in [-0.3, -0.25) is 0 Å². The van der Waals surface area contributed by atoms with Crippen LogP contribution in [0.2, 0.25) is 0 Å². The van der Waals surface area contributed by atoms with Crippen LogP contribution in [0.4, 0.5) is 11.5 Å². The summed E-state index contributed by atoms with van der Waals surface area (Å²) in [6.45, 7) is 3.26. The summed E-state index contributed by atoms with van der Waals surface area (Å²) in [6.07, 6.45) is 8.12. The second-order valence-electron chi connectivity index (χ2n) is 5.50. The summed E-state index contributed by atoms with van der Waals surface area (Å²) in [5.41, 5.74) is 6.41. The van der Waals surface area contributed by atoms with E-state index in [1.807, 2.05) is 0 Å². The van der Waals surface area contributed by atoms with Crippen molar-refractivity contribution in [3.8, 4) is 5.88 Å². The molecule has 2 rings (SSSR count). The van der Waals surface area contributed by atoms with E-state index in [1.165, 1.54) is 38.4 Å². The average molecular weight is 264 g/mol. The van der Waals surface area contributed by atoms with E-state index in [2.05, 4.69) is 22.2 Å². The normalized spacial score (nSPS) is 23.1. The Hall–Kier alpha value is -1.52. The Labute approximate surface area is 115 Å². The monoisotopic (exact) mass is 264 g/mol. The highest BCUT2D eigenvalue weighted by Gasteiger charge is 2.18. The SMILES string of the molecule is COc1ncnc(NCCC2CCCC(C)C2)c1N. The molecule has 0 bridgehead atoms. The molecule has 2 unspecified atom stereocenters. The number of nitrogens with two attached hydrogens (primary N) is 1. The summed E-state index contributed by atoms with van der Waals surface area (Å²) in [5.74, 6) is 2.82. The van der Waals surface area contributed by atoms with Gasteiger partial charge in [-0.15, -0.1) is 0 Å². The molecule has 0 spiro atoms. The van der Waals surface area contributed by atoms with Crippen molar-refractivity contribution in [2.45, 2.75) is 39.0 Å². The maximum Gasteiger partial charge on any atom is 0.242 e. The molecule has 106 valence electrons. The van der Waals surface area contributed by atoms with Crippen LogP contribution in [-0.4, -0.2) is 23.6 Å². The molecule has 2 atom stereocenters. The van der Waals surface area contributed by atoms with E-state index in [0.717, 1.165) is 18.4 Å². The van der Waals surface area contributed by atoms with Gasteiger partial charge in [0, 0.05) is 6.54 Å². The van der Waals surface area contributed by atoms with Crippen LogP contribution >= 0.6 is 0 Å². The summed E-state index contributed by atoms with van der Waals surface area (Å²) in [7, 11) is 1.56. The van der Waals surface area contributed by atoms with Gasteiger partial charge in [0.05, 0.1) is 7.11 Å². The Bertz CT molecular complexity index is 410. The molecule has 19 heavy (non-hydrogen) atoms. The number of anilines is 2. The van der Waals surface area contributed by atoms with E-state index in [0.29, 0.717) is 17.4 Å². The molecule has 1 saturated carbocycles. The van der Waals surface area contributed by atoms with Crippen LogP contribution < -0.4 is 15.8 Å². The first-order chi connectivity index (χ1) is 9.20. The third kappa shape index (κ3) is 3.72. The minimum absolute atomic E-state index is 0.434. The smallest absolute Gasteiger partial charge is 0.242 e. The molecular weight excluding hydrogens is 240 g/mol. The number of nitrogens with one attached hydrogen (secondary N) is 1. The molecule has 1 aliphatic carbocycles. The Morgan fingerprint density at radius 2 is 2.26 bits per heavy atom. The highest BCUT2D eigenvalue weighted by Crippen LogP contribution is 2.31. The van der Waals surface area contributed by atoms with Gasteiger partial charge in [-0.25, -0.2) is 4.98 Å². The largest absolute Gasteiger partial charge is 0.479 e. The lowest BCUT2D eigenvalue weighted by Gasteiger charge is -2.26. The Kier molecular flexibility index (Phi) is 4.82. The van der Waals surface area contributed by atoms with Gasteiger partial charge in [-0.1, -0.05) is 26.2 Å². The topological polar surface area (TPSA) is 73.1 Å². The molecule has 0 aromatic carbocycles. The molecule has 1 aliphatic rings. The third-order valence-electron chi connectivity index (χ3n) is 3.93. The number of methoxy groups -OCH3 is 1. The quantitative estimate of drug-likeness (QED) is 0.855. The van der Waals surface area contributed by atoms with E-state index in [1.54, 1.807) is 7.11 Å². The highest BCUT2D eigenvalue weighted by atomic mass is 16.5. The van der Waals surface area contributed by atoms with Crippen LogP contribution in [0.25, 0.3) is 0 Å². The fourth-order valence-corrected chi connectivity index (χ4v) is 2.90. The standard InChI is InChI=1S/C14H24N4O/c1-10-4-3-5-11(8-10)6-7-16-13-12(15)14(19-2)18-9-17-13/h9-11H,3-8,15H2,1-2H3,(H,16,17,18). The fourth-order valence-electron chi connectivity index (χ4n) is 2.90. The highest BCUT2D eigenvalue weighted by molar-refractivity contribution is 5.66. The van der Waals surface area contributed by atoms with Crippen molar-refractivity contribution in [3.05, 3.63) is 6.33 Å². The first kappa shape index (κ1) is 13.9. The molecule has 5 heteroatoms. The van der Waals surface area contributed by atoms with Crippen molar-refractivity contribution in [1.29, 1.82) is 0 Å². The lowest BCUT2D eigenvalue weighted by atomic mass is 9.81. The van der Waals surface area contributed by atoms with Crippen LogP contribution in [0.1, 0.15) is 39.0 Å². The number of aromatic nitrogens is 2. The summed E-state index contributed by atoms with van der Waals surface area (Å²) in [5, 5.41) is 3.29. The molecular formula is C14H24N4O. The van der Waals surface area contributed by atoms with Crippen LogP contribution in [0.15, 0.2) is 6.33 Å². The van der Waals surface area contributed by atoms with Crippen LogP contribution in [0.3, 0.4) is 0 Å². The van der Waals surface area contributed by atoms with Crippen LogP contribution in [0.5, 0.6) is 5.88 Å². The second-order valence-corrected chi connectivity index (χ2v) is 5.50. The average Bonchev–Trinajstić information content (AvgIpc) is 2.41. The number of nitrogen functional groups attached to an aromatic ring is 1. The summed E-state index contributed by atoms with van der Waals surface area (Å²) in [4.78, 5) is 8.12. The summed E-state index contributed by atoms with van der Waals surface area (Å²) in [6, 6.07) is 0. The zero-order valence-electron chi connectivity index (χ0n) is 11.9. The van der Waals surface area contributed by atoms with Crippen LogP contribution in [0, 0.1) is 11.8 Å². The predicted octanol–water partition coefficient (Wildman–Crippen LogP) is 2.70. The van der Waals surface area contributed by atoms with Gasteiger partial charge in [0.25, 0.3) is 0 Å². The molecule has 0 amide bonds. The lowest BCUT2D eigenvalue weighted by Crippen LogP contribution is -2.17. The molecule has 3 N–H and O–H groups in total. The second kappa shape index (κ2) is 6.59. The summed E-state index contributed by atoms with van der Waals surface area (Å²) >= 11 is 0. The predicted molar refractivity (Wildman–Crippen MR) is 77.2 cm³/mol. The van der Waals surface area contributed by atoms with E-state index in [4.69, 9.17) is 10.5 Å². The maximum atomic E-state index is 5.92. The van der Waals surface area contributed by atoms with Crippen LogP contribution in [-0.2, 0) is 0 Å². The molecule has 1 aromatic rings. The molecule has 1 fully saturated rings. The first-order valence-corrected chi connectivity index (χ1v) is 7.09. The molecule has 0 saturated heterocycles. The van der Waals surface area contributed by atoms with Gasteiger partial charge in [-0.05, 0) is 24.7 Å². The van der Waals surface area contributed by atoms with Crippen molar-refractivity contribution in [2.24, 2.45) is 11.8 Å². The Morgan fingerprint density at radius 1 is 1.42 bits per heavy atom. The van der Waals surface area contributed by atoms with E-state index in [9.17, 15) is 0 Å². The Morgan fingerprint density at radius 3 is 3.00 bits per heavy atom. The van der Waals surface area contributed by atoms with Crippen molar-refractivity contribution >= 4 is 11.5 Å². The van der Waals surface area contributed by atoms with Crippen molar-refractivity contribution in [2.75, 3.05) is 24.7 Å². The molecule has 0 aliphatic heterocycles. The van der Waals surface area contributed by atoms with Crippen molar-refractivity contribution in [3.63, 3.8) is 0 Å². The number of rotatable bonds is 5. The Balaban J connectivity index is 1.82. The lowest BCUT2D eigenvalue weighted by molar-refractivity contribution is 0.274. The fraction of sp³-hybridized carbons (Fsp3) is 0.714. The van der Waals surface area contributed by atoms with Gasteiger partial charge < -0.3 is 15.8 Å². The van der Waals surface area contributed by atoms with Gasteiger partial charge in [-0.2, -0.15) is 4.98 Å². The number of hydrogen-bond donors (Lipinski definition) is 2. The first-order valence-electron chi connectivity index (χ1n) is 7.09. The minimum atomic E-state index is 0.434. The number of nitrogens with zero attached hydrogens (tertiary/aromatic N) is 2. The molecule has 5 nitrogen and oxygen atoms in total. The van der Waals surface area contributed by atoms with Gasteiger partial charge in [0.1, 0.15) is 12.0 Å². The van der Waals surface area contributed by atoms with Gasteiger partial charge in [0.15, 0.2) is 5.82 Å². The van der Waals surface area contributed by atoms with E-state index >= 15 is 0 Å². The third-order valence-corrected chi connectivity index (χ3v) is 3.93. The number of hydrogen-bond acceptors (Lipinski definition) is 5. The molecule has 1 aromatic heterocycles. The van der Waals surface area contributed by atoms with Gasteiger partial charge in [0.2, 0.25) is 5.88 Å². The zero-order valence-corrected chi connectivity index (χ0v) is 11.9.